The molecule has 0 fully saturated rings. The second kappa shape index (κ2) is 5.51. The molecule has 0 radical (unpaired) electrons. The van der Waals surface area contributed by atoms with Gasteiger partial charge in [-0.1, -0.05) is 6.08 Å². The average Bonchev–Trinajstić information content (AvgIpc) is 1.80. The van der Waals surface area contributed by atoms with Crippen LogP contribution < -0.4 is 0 Å². The third-order valence-electron chi connectivity index (χ3n) is 0.966. The lowest BCUT2D eigenvalue weighted by atomic mass is 10.2. The molecule has 1 unspecified atom stereocenters. The Hall–Kier alpha value is -0.630. The molecule has 52 valence electrons. The summed E-state index contributed by atoms with van der Waals surface area (Å²) in [5.41, 5.74) is 0. The molecule has 1 atom stereocenters. The highest BCUT2D eigenvalue weighted by Gasteiger charge is 1.89. The monoisotopic (exact) mass is 128 g/mol. The van der Waals surface area contributed by atoms with Crippen LogP contribution in [-0.2, 0) is 4.79 Å². The fraction of sp³-hybridized carbons (Fsp3) is 0.571. The molecule has 0 rings (SSSR count). The van der Waals surface area contributed by atoms with Gasteiger partial charge in [0, 0.05) is 0 Å². The maximum absolute atomic E-state index is 9.70. The van der Waals surface area contributed by atoms with Gasteiger partial charge in [-0.2, -0.15) is 0 Å². The molecule has 1 N–H and O–H groups in total. The zero-order chi connectivity index (χ0) is 7.11. The Morgan fingerprint density at radius 1 is 1.67 bits per heavy atom. The number of rotatable bonds is 4. The Labute approximate surface area is 55.2 Å². The predicted octanol–water partition coefficient (Wildman–Crippen LogP) is 0.902. The van der Waals surface area contributed by atoms with E-state index < -0.39 is 0 Å². The van der Waals surface area contributed by atoms with Crippen molar-refractivity contribution in [2.24, 2.45) is 0 Å². The molecule has 2 heteroatoms. The van der Waals surface area contributed by atoms with Crippen LogP contribution in [0.25, 0.3) is 0 Å². The van der Waals surface area contributed by atoms with Crippen LogP contribution in [0.4, 0.5) is 0 Å². The van der Waals surface area contributed by atoms with Gasteiger partial charge >= 0.3 is 0 Å². The second-order valence-corrected chi connectivity index (χ2v) is 1.99. The number of carbonyl (C=O) groups excluding carboxylic acids is 1. The van der Waals surface area contributed by atoms with Gasteiger partial charge in [0.05, 0.1) is 6.10 Å². The molecular weight excluding hydrogens is 116 g/mol. The van der Waals surface area contributed by atoms with Crippen molar-refractivity contribution in [1.29, 1.82) is 0 Å². The molecule has 0 saturated heterocycles. The van der Waals surface area contributed by atoms with Crippen LogP contribution in [0.15, 0.2) is 12.2 Å². The summed E-state index contributed by atoms with van der Waals surface area (Å²) in [6.45, 7) is 1.73. The lowest BCUT2D eigenvalue weighted by Gasteiger charge is -1.96. The van der Waals surface area contributed by atoms with Gasteiger partial charge in [0.15, 0.2) is 0 Å². The van der Waals surface area contributed by atoms with E-state index in [1.807, 2.05) is 0 Å². The number of hydrogen-bond acceptors (Lipinski definition) is 2. The molecule has 2 nitrogen and oxygen atoms in total. The molecule has 0 aliphatic rings. The molecule has 0 amide bonds. The van der Waals surface area contributed by atoms with Gasteiger partial charge in [-0.15, -0.1) is 0 Å². The standard InChI is InChI=1S/C7H12O2/c1-7(9)5-3-2-4-6-8/h2,4,6-7,9H,3,5H2,1H3/b4-2+. The Morgan fingerprint density at radius 3 is 2.78 bits per heavy atom. The summed E-state index contributed by atoms with van der Waals surface area (Å²) in [5.74, 6) is 0. The van der Waals surface area contributed by atoms with Crippen molar-refractivity contribution in [2.45, 2.75) is 25.9 Å². The van der Waals surface area contributed by atoms with Crippen LogP contribution in [0.3, 0.4) is 0 Å². The SMILES string of the molecule is CC(O)CC/C=C/C=O. The van der Waals surface area contributed by atoms with Gasteiger partial charge in [0.25, 0.3) is 0 Å². The fourth-order valence-corrected chi connectivity index (χ4v) is 0.489. The summed E-state index contributed by atoms with van der Waals surface area (Å²) in [6.07, 6.45) is 5.17. The normalized spacial score (nSPS) is 14.0. The number of aldehydes is 1. The molecule has 0 aromatic rings. The van der Waals surface area contributed by atoms with E-state index in [-0.39, 0.29) is 6.10 Å². The van der Waals surface area contributed by atoms with Gasteiger partial charge in [-0.25, -0.2) is 0 Å². The van der Waals surface area contributed by atoms with E-state index in [2.05, 4.69) is 0 Å². The third-order valence-corrected chi connectivity index (χ3v) is 0.966. The molecule has 0 aliphatic heterocycles. The number of aliphatic hydroxyl groups is 1. The van der Waals surface area contributed by atoms with E-state index in [4.69, 9.17) is 5.11 Å². The van der Waals surface area contributed by atoms with Crippen LogP contribution in [-0.4, -0.2) is 17.5 Å². The predicted molar refractivity (Wildman–Crippen MR) is 36.1 cm³/mol. The molecule has 0 spiro atoms. The minimum absolute atomic E-state index is 0.263. The largest absolute Gasteiger partial charge is 0.393 e. The van der Waals surface area contributed by atoms with Gasteiger partial charge in [0.2, 0.25) is 0 Å². The Morgan fingerprint density at radius 2 is 2.33 bits per heavy atom. The van der Waals surface area contributed by atoms with Crippen molar-refractivity contribution in [2.75, 3.05) is 0 Å². The van der Waals surface area contributed by atoms with Crippen LogP contribution in [0.1, 0.15) is 19.8 Å². The number of allylic oxidation sites excluding steroid dienone is 2. The second-order valence-electron chi connectivity index (χ2n) is 1.99. The van der Waals surface area contributed by atoms with E-state index in [0.717, 1.165) is 19.1 Å². The van der Waals surface area contributed by atoms with Crippen molar-refractivity contribution in [1.82, 2.24) is 0 Å². The smallest absolute Gasteiger partial charge is 0.142 e. The zero-order valence-corrected chi connectivity index (χ0v) is 5.58. The molecule has 0 aromatic heterocycles. The van der Waals surface area contributed by atoms with E-state index >= 15 is 0 Å². The lowest BCUT2D eigenvalue weighted by Crippen LogP contribution is -1.96. The summed E-state index contributed by atoms with van der Waals surface area (Å²) < 4.78 is 0. The molecule has 0 bridgehead atoms. The topological polar surface area (TPSA) is 37.3 Å². The molecule has 0 saturated carbocycles. The molecule has 0 aromatic carbocycles. The molecule has 0 aliphatic carbocycles. The van der Waals surface area contributed by atoms with Gasteiger partial charge in [-0.05, 0) is 25.8 Å². The number of hydrogen-bond donors (Lipinski definition) is 1. The van der Waals surface area contributed by atoms with Crippen molar-refractivity contribution in [3.8, 4) is 0 Å². The average molecular weight is 128 g/mol. The first-order chi connectivity index (χ1) is 4.27. The maximum atomic E-state index is 9.70. The summed E-state index contributed by atoms with van der Waals surface area (Å²) >= 11 is 0. The van der Waals surface area contributed by atoms with Crippen molar-refractivity contribution >= 4 is 6.29 Å². The molecule has 0 heterocycles. The van der Waals surface area contributed by atoms with E-state index in [0.29, 0.717) is 0 Å². The van der Waals surface area contributed by atoms with Gasteiger partial charge in [0.1, 0.15) is 6.29 Å². The first kappa shape index (κ1) is 8.37. The summed E-state index contributed by atoms with van der Waals surface area (Å²) in [7, 11) is 0. The Bertz CT molecular complexity index is 95.1. The zero-order valence-electron chi connectivity index (χ0n) is 5.58. The Balaban J connectivity index is 3.08. The van der Waals surface area contributed by atoms with Crippen LogP contribution in [0, 0.1) is 0 Å². The third kappa shape index (κ3) is 7.37. The van der Waals surface area contributed by atoms with Gasteiger partial charge < -0.3 is 5.11 Å². The summed E-state index contributed by atoms with van der Waals surface area (Å²) in [6, 6.07) is 0. The number of carbonyl (C=O) groups is 1. The van der Waals surface area contributed by atoms with E-state index in [1.165, 1.54) is 6.08 Å². The van der Waals surface area contributed by atoms with Crippen LogP contribution in [0.5, 0.6) is 0 Å². The van der Waals surface area contributed by atoms with Crippen LogP contribution in [0.2, 0.25) is 0 Å². The fourth-order valence-electron chi connectivity index (χ4n) is 0.489. The van der Waals surface area contributed by atoms with Gasteiger partial charge in [-0.3, -0.25) is 4.79 Å². The minimum atomic E-state index is -0.263. The molecule has 9 heavy (non-hydrogen) atoms. The Kier molecular flexibility index (Phi) is 5.12. The number of aliphatic hydroxyl groups excluding tert-OH is 1. The maximum Gasteiger partial charge on any atom is 0.142 e. The summed E-state index contributed by atoms with van der Waals surface area (Å²) in [4.78, 5) is 9.70. The highest BCUT2D eigenvalue weighted by Crippen LogP contribution is 1.95. The highest BCUT2D eigenvalue weighted by molar-refractivity contribution is 5.64. The first-order valence-electron chi connectivity index (χ1n) is 3.05. The highest BCUT2D eigenvalue weighted by atomic mass is 16.3. The van der Waals surface area contributed by atoms with Crippen molar-refractivity contribution in [3.05, 3.63) is 12.2 Å². The lowest BCUT2D eigenvalue weighted by molar-refractivity contribution is -0.104. The first-order valence-corrected chi connectivity index (χ1v) is 3.05. The summed E-state index contributed by atoms with van der Waals surface area (Å²) in [5, 5.41) is 8.73. The van der Waals surface area contributed by atoms with E-state index in [9.17, 15) is 4.79 Å². The molecular formula is C7H12O2. The van der Waals surface area contributed by atoms with Crippen molar-refractivity contribution in [3.63, 3.8) is 0 Å². The van der Waals surface area contributed by atoms with Crippen molar-refractivity contribution < 1.29 is 9.90 Å². The minimum Gasteiger partial charge on any atom is -0.393 e. The quantitative estimate of drug-likeness (QED) is 0.451. The van der Waals surface area contributed by atoms with E-state index in [1.54, 1.807) is 13.0 Å². The van der Waals surface area contributed by atoms with Crippen LogP contribution >= 0.6 is 0 Å².